The Balaban J connectivity index is 2.26. The van der Waals surface area contributed by atoms with E-state index in [2.05, 4.69) is 5.10 Å². The molecular weight excluding hydrogens is 244 g/mol. The molecule has 1 N–H and O–H groups in total. The number of carbonyl (C=O) groups is 1. The second-order valence-electron chi connectivity index (χ2n) is 4.21. The van der Waals surface area contributed by atoms with E-state index in [1.54, 1.807) is 36.0 Å². The molecule has 1 heterocycles. The second kappa shape index (κ2) is 5.67. The van der Waals surface area contributed by atoms with Crippen molar-refractivity contribution in [3.63, 3.8) is 0 Å². The summed E-state index contributed by atoms with van der Waals surface area (Å²) in [5, 5.41) is 14.1. The molecule has 100 valence electrons. The first-order valence-electron chi connectivity index (χ1n) is 6.08. The minimum absolute atomic E-state index is 0.244. The lowest BCUT2D eigenvalue weighted by atomic mass is 10.1. The van der Waals surface area contributed by atoms with Gasteiger partial charge in [-0.3, -0.25) is 0 Å². The van der Waals surface area contributed by atoms with Crippen LogP contribution in [0.4, 0.5) is 0 Å². The lowest BCUT2D eigenvalue weighted by Gasteiger charge is -2.11. The van der Waals surface area contributed by atoms with Gasteiger partial charge in [0.2, 0.25) is 0 Å². The quantitative estimate of drug-likeness (QED) is 0.851. The number of rotatable bonds is 4. The zero-order valence-electron chi connectivity index (χ0n) is 10.9. The van der Waals surface area contributed by atoms with Crippen LogP contribution in [0.5, 0.6) is 0 Å². The molecule has 2 rings (SSSR count). The van der Waals surface area contributed by atoms with Crippen LogP contribution in [0.2, 0.25) is 0 Å². The third-order valence-corrected chi connectivity index (χ3v) is 2.67. The summed E-state index contributed by atoms with van der Waals surface area (Å²) in [7, 11) is 0. The lowest BCUT2D eigenvalue weighted by Crippen LogP contribution is -2.15. The Morgan fingerprint density at radius 1 is 1.53 bits per heavy atom. The van der Waals surface area contributed by atoms with Gasteiger partial charge in [0.15, 0.2) is 6.10 Å². The van der Waals surface area contributed by atoms with Crippen LogP contribution >= 0.6 is 0 Å². The molecule has 0 aliphatic heterocycles. The molecule has 0 saturated carbocycles. The van der Waals surface area contributed by atoms with Gasteiger partial charge in [-0.15, -0.1) is 0 Å². The summed E-state index contributed by atoms with van der Waals surface area (Å²) in [6, 6.07) is 7.02. The van der Waals surface area contributed by atoms with Gasteiger partial charge < -0.3 is 9.84 Å². The van der Waals surface area contributed by atoms with Crippen molar-refractivity contribution in [3.8, 4) is 5.69 Å². The molecule has 19 heavy (non-hydrogen) atoms. The minimum atomic E-state index is -1.27. The van der Waals surface area contributed by atoms with Gasteiger partial charge in [-0.1, -0.05) is 12.1 Å². The molecule has 5 heteroatoms. The standard InChI is InChI=1S/C14H16N2O3/c1-3-19-14(18)13(17)11-5-4-6-12(7-11)16-9-10(2)8-15-16/h4-9,13,17H,3H2,1-2H3. The molecule has 0 radical (unpaired) electrons. The highest BCUT2D eigenvalue weighted by Gasteiger charge is 2.18. The molecule has 1 atom stereocenters. The Kier molecular flexibility index (Phi) is 3.97. The van der Waals surface area contributed by atoms with E-state index >= 15 is 0 Å². The summed E-state index contributed by atoms with van der Waals surface area (Å²) >= 11 is 0. The van der Waals surface area contributed by atoms with E-state index in [0.717, 1.165) is 11.3 Å². The number of ether oxygens (including phenoxy) is 1. The molecule has 5 nitrogen and oxygen atoms in total. The van der Waals surface area contributed by atoms with Gasteiger partial charge in [0.05, 0.1) is 18.5 Å². The summed E-state index contributed by atoms with van der Waals surface area (Å²) < 4.78 is 6.49. The summed E-state index contributed by atoms with van der Waals surface area (Å²) in [5.41, 5.74) is 2.31. The van der Waals surface area contributed by atoms with E-state index in [1.165, 1.54) is 0 Å². The van der Waals surface area contributed by atoms with E-state index in [4.69, 9.17) is 4.74 Å². The van der Waals surface area contributed by atoms with Gasteiger partial charge in [-0.05, 0) is 37.1 Å². The van der Waals surface area contributed by atoms with Crippen molar-refractivity contribution >= 4 is 5.97 Å². The van der Waals surface area contributed by atoms with Gasteiger partial charge >= 0.3 is 5.97 Å². The number of hydrogen-bond donors (Lipinski definition) is 1. The van der Waals surface area contributed by atoms with E-state index in [-0.39, 0.29) is 6.61 Å². The van der Waals surface area contributed by atoms with Gasteiger partial charge in [0, 0.05) is 6.20 Å². The van der Waals surface area contributed by atoms with Crippen LogP contribution in [0.15, 0.2) is 36.7 Å². The largest absolute Gasteiger partial charge is 0.464 e. The first kappa shape index (κ1) is 13.3. The topological polar surface area (TPSA) is 64.3 Å². The third-order valence-electron chi connectivity index (χ3n) is 2.67. The first-order chi connectivity index (χ1) is 9.11. The van der Waals surface area contributed by atoms with Gasteiger partial charge in [0.25, 0.3) is 0 Å². The van der Waals surface area contributed by atoms with Gasteiger partial charge in [0.1, 0.15) is 0 Å². The summed E-state index contributed by atoms with van der Waals surface area (Å²) in [4.78, 5) is 11.5. The highest BCUT2D eigenvalue weighted by atomic mass is 16.5. The molecule has 2 aromatic rings. The number of carbonyl (C=O) groups excluding carboxylic acids is 1. The molecule has 1 aromatic carbocycles. The van der Waals surface area contributed by atoms with Crippen LogP contribution < -0.4 is 0 Å². The van der Waals surface area contributed by atoms with Crippen molar-refractivity contribution in [1.29, 1.82) is 0 Å². The first-order valence-corrected chi connectivity index (χ1v) is 6.08. The maximum atomic E-state index is 11.5. The predicted molar refractivity (Wildman–Crippen MR) is 69.9 cm³/mol. The maximum absolute atomic E-state index is 11.5. The van der Waals surface area contributed by atoms with E-state index in [1.807, 2.05) is 19.2 Å². The van der Waals surface area contributed by atoms with Crippen LogP contribution in [0, 0.1) is 6.92 Å². The van der Waals surface area contributed by atoms with Crippen LogP contribution in [0.25, 0.3) is 5.69 Å². The Morgan fingerprint density at radius 3 is 2.95 bits per heavy atom. The number of aliphatic hydroxyl groups excluding tert-OH is 1. The number of aryl methyl sites for hydroxylation is 1. The molecule has 0 bridgehead atoms. The number of aliphatic hydroxyl groups is 1. The molecule has 0 aliphatic carbocycles. The van der Waals surface area contributed by atoms with E-state index < -0.39 is 12.1 Å². The molecule has 0 fully saturated rings. The number of nitrogens with zero attached hydrogens (tertiary/aromatic N) is 2. The monoisotopic (exact) mass is 260 g/mol. The Bertz CT molecular complexity index is 578. The SMILES string of the molecule is CCOC(=O)C(O)c1cccc(-n2cc(C)cn2)c1. The number of hydrogen-bond acceptors (Lipinski definition) is 4. The molecular formula is C14H16N2O3. The molecule has 1 aromatic heterocycles. The summed E-state index contributed by atoms with van der Waals surface area (Å²) in [6.07, 6.45) is 2.35. The van der Waals surface area contributed by atoms with Crippen molar-refractivity contribution in [2.45, 2.75) is 20.0 Å². The van der Waals surface area contributed by atoms with Crippen LogP contribution in [-0.2, 0) is 9.53 Å². The molecule has 0 amide bonds. The average molecular weight is 260 g/mol. The lowest BCUT2D eigenvalue weighted by molar-refractivity contribution is -0.153. The predicted octanol–water partition coefficient (Wildman–Crippen LogP) is 1.78. The fourth-order valence-corrected chi connectivity index (χ4v) is 1.75. The highest BCUT2D eigenvalue weighted by molar-refractivity contribution is 5.76. The second-order valence-corrected chi connectivity index (χ2v) is 4.21. The minimum Gasteiger partial charge on any atom is -0.464 e. The molecule has 0 aliphatic rings. The summed E-state index contributed by atoms with van der Waals surface area (Å²) in [6.45, 7) is 3.89. The van der Waals surface area contributed by atoms with Crippen LogP contribution in [0.1, 0.15) is 24.2 Å². The molecule has 0 saturated heterocycles. The Hall–Kier alpha value is -2.14. The van der Waals surface area contributed by atoms with E-state index in [9.17, 15) is 9.90 Å². The highest BCUT2D eigenvalue weighted by Crippen LogP contribution is 2.18. The van der Waals surface area contributed by atoms with Crippen LogP contribution in [-0.4, -0.2) is 27.5 Å². The van der Waals surface area contributed by atoms with Crippen molar-refractivity contribution in [2.24, 2.45) is 0 Å². The summed E-state index contributed by atoms with van der Waals surface area (Å²) in [5.74, 6) is -0.642. The zero-order valence-corrected chi connectivity index (χ0v) is 10.9. The van der Waals surface area contributed by atoms with Crippen molar-refractivity contribution in [1.82, 2.24) is 9.78 Å². The average Bonchev–Trinajstić information content (AvgIpc) is 2.85. The molecule has 0 spiro atoms. The van der Waals surface area contributed by atoms with Crippen molar-refractivity contribution in [2.75, 3.05) is 6.61 Å². The van der Waals surface area contributed by atoms with E-state index in [0.29, 0.717) is 5.56 Å². The Morgan fingerprint density at radius 2 is 2.32 bits per heavy atom. The van der Waals surface area contributed by atoms with Crippen molar-refractivity contribution in [3.05, 3.63) is 47.8 Å². The maximum Gasteiger partial charge on any atom is 0.339 e. The number of esters is 1. The van der Waals surface area contributed by atoms with Gasteiger partial charge in [-0.2, -0.15) is 5.10 Å². The molecule has 1 unspecified atom stereocenters. The smallest absolute Gasteiger partial charge is 0.339 e. The van der Waals surface area contributed by atoms with Gasteiger partial charge in [-0.25, -0.2) is 9.48 Å². The number of aromatic nitrogens is 2. The third kappa shape index (κ3) is 3.00. The fourth-order valence-electron chi connectivity index (χ4n) is 1.75. The number of benzene rings is 1. The fraction of sp³-hybridized carbons (Fsp3) is 0.286. The van der Waals surface area contributed by atoms with Crippen molar-refractivity contribution < 1.29 is 14.6 Å². The van der Waals surface area contributed by atoms with Crippen LogP contribution in [0.3, 0.4) is 0 Å². The normalized spacial score (nSPS) is 12.2. The zero-order chi connectivity index (χ0) is 13.8. The Labute approximate surface area is 111 Å².